The van der Waals surface area contributed by atoms with Crippen molar-refractivity contribution in [3.63, 3.8) is 0 Å². The van der Waals surface area contributed by atoms with Crippen LogP contribution in [0.3, 0.4) is 0 Å². The number of nitrogens with one attached hydrogen (secondary N) is 1. The van der Waals surface area contributed by atoms with E-state index in [0.717, 1.165) is 37.0 Å². The van der Waals surface area contributed by atoms with Gasteiger partial charge in [0, 0.05) is 6.42 Å². The summed E-state index contributed by atoms with van der Waals surface area (Å²) in [5, 5.41) is 4.21. The van der Waals surface area contributed by atoms with E-state index in [0.29, 0.717) is 6.42 Å². The van der Waals surface area contributed by atoms with Crippen LogP contribution < -0.4 is 5.43 Å². The molecule has 0 saturated heterocycles. The first kappa shape index (κ1) is 14.4. The summed E-state index contributed by atoms with van der Waals surface area (Å²) in [4.78, 5) is 11.6. The lowest BCUT2D eigenvalue weighted by atomic mass is 10.1. The topological polar surface area (TPSA) is 41.5 Å². The second kappa shape index (κ2) is 8.45. The molecule has 3 nitrogen and oxygen atoms in total. The van der Waals surface area contributed by atoms with Crippen molar-refractivity contribution >= 4 is 11.6 Å². The summed E-state index contributed by atoms with van der Waals surface area (Å²) in [6.45, 7) is 4.16. The maximum atomic E-state index is 11.6. The van der Waals surface area contributed by atoms with E-state index >= 15 is 0 Å². The van der Waals surface area contributed by atoms with Gasteiger partial charge in [0.05, 0.1) is 5.71 Å². The molecule has 3 heteroatoms. The van der Waals surface area contributed by atoms with Crippen LogP contribution in [-0.4, -0.2) is 11.6 Å². The normalized spacial score (nSPS) is 11.3. The van der Waals surface area contributed by atoms with Gasteiger partial charge in [-0.1, -0.05) is 57.0 Å². The standard InChI is InChI=1S/C15H22N2O/c1-3-5-7-12-15(18)17-16-14(4-2)13-10-8-6-9-11-13/h6,8-11H,3-5,7,12H2,1-2H3,(H,17,18)/b16-14+. The SMILES string of the molecule is CCCCCC(=O)N/N=C(\CC)c1ccccc1. The molecule has 0 heterocycles. The molecule has 0 bridgehead atoms. The van der Waals surface area contributed by atoms with E-state index in [1.807, 2.05) is 37.3 Å². The molecule has 0 spiro atoms. The zero-order valence-corrected chi connectivity index (χ0v) is 11.3. The second-order valence-corrected chi connectivity index (χ2v) is 4.27. The summed E-state index contributed by atoms with van der Waals surface area (Å²) in [6, 6.07) is 9.93. The van der Waals surface area contributed by atoms with Crippen LogP contribution in [0.4, 0.5) is 0 Å². The third-order valence-corrected chi connectivity index (χ3v) is 2.76. The molecule has 0 aliphatic heterocycles. The van der Waals surface area contributed by atoms with Crippen molar-refractivity contribution < 1.29 is 4.79 Å². The second-order valence-electron chi connectivity index (χ2n) is 4.27. The fraction of sp³-hybridized carbons (Fsp3) is 0.467. The van der Waals surface area contributed by atoms with Crippen LogP contribution >= 0.6 is 0 Å². The molecule has 0 radical (unpaired) electrons. The van der Waals surface area contributed by atoms with Gasteiger partial charge in [-0.05, 0) is 18.4 Å². The Balaban J connectivity index is 2.51. The molecule has 0 aliphatic rings. The molecule has 0 atom stereocenters. The molecule has 1 aromatic rings. The van der Waals surface area contributed by atoms with Gasteiger partial charge in [-0.25, -0.2) is 5.43 Å². The van der Waals surface area contributed by atoms with Crippen LogP contribution in [0.15, 0.2) is 35.4 Å². The third-order valence-electron chi connectivity index (χ3n) is 2.76. The third kappa shape index (κ3) is 5.13. The summed E-state index contributed by atoms with van der Waals surface area (Å²) >= 11 is 0. The largest absolute Gasteiger partial charge is 0.273 e. The van der Waals surface area contributed by atoms with Gasteiger partial charge in [0.2, 0.25) is 5.91 Å². The molecular formula is C15H22N2O. The number of benzene rings is 1. The van der Waals surface area contributed by atoms with E-state index in [1.165, 1.54) is 0 Å². The number of rotatable bonds is 7. The number of nitrogens with zero attached hydrogens (tertiary/aromatic N) is 1. The molecule has 98 valence electrons. The molecule has 1 aromatic carbocycles. The van der Waals surface area contributed by atoms with Gasteiger partial charge in [-0.3, -0.25) is 4.79 Å². The van der Waals surface area contributed by atoms with Crippen molar-refractivity contribution in [2.24, 2.45) is 5.10 Å². The van der Waals surface area contributed by atoms with Crippen molar-refractivity contribution in [3.8, 4) is 0 Å². The van der Waals surface area contributed by atoms with Crippen LogP contribution in [0.25, 0.3) is 0 Å². The quantitative estimate of drug-likeness (QED) is 0.446. The van der Waals surface area contributed by atoms with E-state index in [2.05, 4.69) is 17.5 Å². The predicted octanol–water partition coefficient (Wildman–Crippen LogP) is 3.50. The Morgan fingerprint density at radius 1 is 1.17 bits per heavy atom. The number of hydrogen-bond donors (Lipinski definition) is 1. The maximum absolute atomic E-state index is 11.6. The Hall–Kier alpha value is -1.64. The average Bonchev–Trinajstić information content (AvgIpc) is 2.41. The summed E-state index contributed by atoms with van der Waals surface area (Å²) in [5.74, 6) is 0.00494. The number of carbonyl (C=O) groups is 1. The monoisotopic (exact) mass is 246 g/mol. The number of amides is 1. The molecule has 0 aromatic heterocycles. The minimum Gasteiger partial charge on any atom is -0.273 e. The lowest BCUT2D eigenvalue weighted by Gasteiger charge is -2.05. The minimum absolute atomic E-state index is 0.00494. The van der Waals surface area contributed by atoms with Gasteiger partial charge in [0.15, 0.2) is 0 Å². The highest BCUT2D eigenvalue weighted by Gasteiger charge is 2.02. The summed E-state index contributed by atoms with van der Waals surface area (Å²) < 4.78 is 0. The number of unbranched alkanes of at least 4 members (excludes halogenated alkanes) is 2. The number of hydrazone groups is 1. The first-order valence-corrected chi connectivity index (χ1v) is 6.68. The van der Waals surface area contributed by atoms with Crippen LogP contribution in [0.5, 0.6) is 0 Å². The molecule has 1 amide bonds. The van der Waals surface area contributed by atoms with Gasteiger partial charge >= 0.3 is 0 Å². The highest BCUT2D eigenvalue weighted by molar-refractivity contribution is 6.00. The van der Waals surface area contributed by atoms with Crippen LogP contribution in [-0.2, 0) is 4.79 Å². The van der Waals surface area contributed by atoms with E-state index in [9.17, 15) is 4.79 Å². The Kier molecular flexibility index (Phi) is 6.77. The van der Waals surface area contributed by atoms with Crippen molar-refractivity contribution in [2.45, 2.75) is 46.0 Å². The van der Waals surface area contributed by atoms with Crippen molar-refractivity contribution in [3.05, 3.63) is 35.9 Å². The van der Waals surface area contributed by atoms with E-state index in [4.69, 9.17) is 0 Å². The molecule has 18 heavy (non-hydrogen) atoms. The fourth-order valence-corrected chi connectivity index (χ4v) is 1.70. The van der Waals surface area contributed by atoms with Crippen molar-refractivity contribution in [1.82, 2.24) is 5.43 Å². The lowest BCUT2D eigenvalue weighted by molar-refractivity contribution is -0.121. The summed E-state index contributed by atoms with van der Waals surface area (Å²) in [6.07, 6.45) is 4.52. The predicted molar refractivity (Wildman–Crippen MR) is 75.6 cm³/mol. The van der Waals surface area contributed by atoms with Crippen LogP contribution in [0.2, 0.25) is 0 Å². The molecule has 0 unspecified atom stereocenters. The Bertz CT molecular complexity index is 385. The molecule has 0 fully saturated rings. The molecule has 1 rings (SSSR count). The highest BCUT2D eigenvalue weighted by atomic mass is 16.2. The summed E-state index contributed by atoms with van der Waals surface area (Å²) in [7, 11) is 0. The van der Waals surface area contributed by atoms with E-state index in [-0.39, 0.29) is 5.91 Å². The average molecular weight is 246 g/mol. The van der Waals surface area contributed by atoms with Gasteiger partial charge in [0.1, 0.15) is 0 Å². The Morgan fingerprint density at radius 2 is 1.89 bits per heavy atom. The zero-order valence-electron chi connectivity index (χ0n) is 11.3. The van der Waals surface area contributed by atoms with Gasteiger partial charge in [-0.2, -0.15) is 5.10 Å². The van der Waals surface area contributed by atoms with E-state index in [1.54, 1.807) is 0 Å². The minimum atomic E-state index is 0.00494. The molecule has 1 N–H and O–H groups in total. The molecule has 0 aliphatic carbocycles. The number of hydrogen-bond acceptors (Lipinski definition) is 2. The Labute approximate surface area is 109 Å². The lowest BCUT2D eigenvalue weighted by Crippen LogP contribution is -2.19. The van der Waals surface area contributed by atoms with Gasteiger partial charge in [0.25, 0.3) is 0 Å². The Morgan fingerprint density at radius 3 is 2.50 bits per heavy atom. The first-order chi connectivity index (χ1) is 8.77. The summed E-state index contributed by atoms with van der Waals surface area (Å²) in [5.41, 5.74) is 4.62. The van der Waals surface area contributed by atoms with E-state index < -0.39 is 0 Å². The first-order valence-electron chi connectivity index (χ1n) is 6.68. The zero-order chi connectivity index (χ0) is 13.2. The van der Waals surface area contributed by atoms with Gasteiger partial charge in [-0.15, -0.1) is 0 Å². The van der Waals surface area contributed by atoms with Crippen molar-refractivity contribution in [2.75, 3.05) is 0 Å². The fourth-order valence-electron chi connectivity index (χ4n) is 1.70. The highest BCUT2D eigenvalue weighted by Crippen LogP contribution is 2.04. The maximum Gasteiger partial charge on any atom is 0.240 e. The number of carbonyl (C=O) groups excluding carboxylic acids is 1. The van der Waals surface area contributed by atoms with Crippen LogP contribution in [0, 0.1) is 0 Å². The van der Waals surface area contributed by atoms with Crippen molar-refractivity contribution in [1.29, 1.82) is 0 Å². The van der Waals surface area contributed by atoms with Crippen LogP contribution in [0.1, 0.15) is 51.5 Å². The molecular weight excluding hydrogens is 224 g/mol. The molecule has 0 saturated carbocycles. The van der Waals surface area contributed by atoms with Gasteiger partial charge < -0.3 is 0 Å². The smallest absolute Gasteiger partial charge is 0.240 e.